The second-order valence-corrected chi connectivity index (χ2v) is 7.41. The molecular formula is C20H26N4O6S. The molecule has 0 spiro atoms. The smallest absolute Gasteiger partial charge is 0.350 e. The van der Waals surface area contributed by atoms with Gasteiger partial charge in [0.2, 0.25) is 10.9 Å². The quantitative estimate of drug-likeness (QED) is 0.164. The summed E-state index contributed by atoms with van der Waals surface area (Å²) in [5.41, 5.74) is 3.50. The molecule has 0 unspecified atom stereocenters. The number of esters is 1. The van der Waals surface area contributed by atoms with E-state index in [9.17, 15) is 14.9 Å². The van der Waals surface area contributed by atoms with E-state index in [1.165, 1.54) is 19.4 Å². The summed E-state index contributed by atoms with van der Waals surface area (Å²) < 4.78 is 15.9. The first kappa shape index (κ1) is 24.1. The maximum atomic E-state index is 11.9. The zero-order valence-electron chi connectivity index (χ0n) is 18.0. The maximum absolute atomic E-state index is 11.9. The molecule has 31 heavy (non-hydrogen) atoms. The fourth-order valence-electron chi connectivity index (χ4n) is 2.63. The molecule has 0 aliphatic heterocycles. The zero-order chi connectivity index (χ0) is 22.8. The average Bonchev–Trinajstić information content (AvgIpc) is 3.11. The van der Waals surface area contributed by atoms with E-state index >= 15 is 0 Å². The Kier molecular flexibility index (Phi) is 9.19. The van der Waals surface area contributed by atoms with Crippen LogP contribution in [0.4, 0.5) is 10.8 Å². The highest BCUT2D eigenvalue weighted by Gasteiger charge is 2.22. The van der Waals surface area contributed by atoms with Crippen molar-refractivity contribution in [2.75, 3.05) is 25.7 Å². The van der Waals surface area contributed by atoms with Gasteiger partial charge in [-0.25, -0.2) is 9.78 Å². The number of nitrogens with zero attached hydrogens (tertiary/aromatic N) is 3. The van der Waals surface area contributed by atoms with Crippen LogP contribution < -0.4 is 14.9 Å². The fraction of sp³-hybridized carbons (Fsp3) is 0.450. The summed E-state index contributed by atoms with van der Waals surface area (Å²) >= 11 is 1.11. The predicted octanol–water partition coefficient (Wildman–Crippen LogP) is 4.56. The first-order valence-electron chi connectivity index (χ1n) is 9.84. The average molecular weight is 451 g/mol. The third kappa shape index (κ3) is 6.64. The van der Waals surface area contributed by atoms with Crippen molar-refractivity contribution in [2.24, 2.45) is 5.10 Å². The third-order valence-electron chi connectivity index (χ3n) is 4.10. The van der Waals surface area contributed by atoms with Crippen LogP contribution in [0.2, 0.25) is 0 Å². The number of ether oxygens (including phenoxy) is 3. The molecule has 1 aromatic carbocycles. The second-order valence-electron chi connectivity index (χ2n) is 6.41. The van der Waals surface area contributed by atoms with Gasteiger partial charge in [-0.05, 0) is 26.3 Å². The number of hydrogen-bond donors (Lipinski definition) is 1. The SMILES string of the molecule is CCCCCOc1c(OC)cc(/C=N\Nc2nc(C)c(C(=O)OCC)s2)cc1[N+](=O)[O-]. The molecule has 1 N–H and O–H groups in total. The van der Waals surface area contributed by atoms with Gasteiger partial charge in [0.1, 0.15) is 4.88 Å². The Hall–Kier alpha value is -3.21. The topological polar surface area (TPSA) is 125 Å². The Labute approximate surface area is 184 Å². The van der Waals surface area contributed by atoms with E-state index in [4.69, 9.17) is 14.2 Å². The van der Waals surface area contributed by atoms with Gasteiger partial charge in [0.25, 0.3) is 0 Å². The number of hydrogen-bond acceptors (Lipinski definition) is 10. The van der Waals surface area contributed by atoms with Crippen molar-refractivity contribution in [1.82, 2.24) is 4.98 Å². The molecule has 168 valence electrons. The largest absolute Gasteiger partial charge is 0.493 e. The van der Waals surface area contributed by atoms with Crippen LogP contribution in [0.15, 0.2) is 17.2 Å². The van der Waals surface area contributed by atoms with E-state index in [1.54, 1.807) is 19.9 Å². The van der Waals surface area contributed by atoms with Gasteiger partial charge in [-0.15, -0.1) is 0 Å². The first-order valence-corrected chi connectivity index (χ1v) is 10.7. The van der Waals surface area contributed by atoms with Crippen LogP contribution in [0.3, 0.4) is 0 Å². The van der Waals surface area contributed by atoms with E-state index in [2.05, 4.69) is 22.4 Å². The first-order chi connectivity index (χ1) is 14.9. The normalized spacial score (nSPS) is 10.8. The van der Waals surface area contributed by atoms with Crippen LogP contribution in [0.5, 0.6) is 11.5 Å². The van der Waals surface area contributed by atoms with E-state index in [-0.39, 0.29) is 23.8 Å². The summed E-state index contributed by atoms with van der Waals surface area (Å²) in [6.07, 6.45) is 4.19. The van der Waals surface area contributed by atoms with Crippen molar-refractivity contribution in [2.45, 2.75) is 40.0 Å². The number of rotatable bonds is 12. The van der Waals surface area contributed by atoms with Crippen molar-refractivity contribution in [3.8, 4) is 11.5 Å². The third-order valence-corrected chi connectivity index (χ3v) is 5.14. The van der Waals surface area contributed by atoms with Crippen LogP contribution in [0.25, 0.3) is 0 Å². The number of methoxy groups -OCH3 is 1. The van der Waals surface area contributed by atoms with Crippen molar-refractivity contribution in [3.05, 3.63) is 38.4 Å². The number of unbranched alkanes of at least 4 members (excludes halogenated alkanes) is 2. The van der Waals surface area contributed by atoms with Gasteiger partial charge in [0, 0.05) is 11.6 Å². The van der Waals surface area contributed by atoms with Crippen LogP contribution in [0.1, 0.15) is 54.0 Å². The number of hydrazone groups is 1. The lowest BCUT2D eigenvalue weighted by atomic mass is 10.2. The number of carbonyl (C=O) groups excluding carboxylic acids is 1. The summed E-state index contributed by atoms with van der Waals surface area (Å²) in [5.74, 6) is -0.0883. The summed E-state index contributed by atoms with van der Waals surface area (Å²) in [6.45, 7) is 6.13. The van der Waals surface area contributed by atoms with Gasteiger partial charge < -0.3 is 14.2 Å². The Balaban J connectivity index is 2.18. The Bertz CT molecular complexity index is 944. The van der Waals surface area contributed by atoms with Crippen molar-refractivity contribution in [1.29, 1.82) is 0 Å². The van der Waals surface area contributed by atoms with Gasteiger partial charge in [-0.3, -0.25) is 15.5 Å². The van der Waals surface area contributed by atoms with Gasteiger partial charge in [0.05, 0.1) is 37.2 Å². The van der Waals surface area contributed by atoms with Crippen molar-refractivity contribution < 1.29 is 23.9 Å². The standard InChI is InChI=1S/C20H26N4O6S/c1-5-7-8-9-30-17-15(24(26)27)10-14(11-16(17)28-4)12-21-23-20-22-13(3)18(31-20)19(25)29-6-2/h10-12H,5-9H2,1-4H3,(H,22,23)/b21-12-. The van der Waals surface area contributed by atoms with Crippen LogP contribution in [-0.2, 0) is 4.74 Å². The van der Waals surface area contributed by atoms with Gasteiger partial charge >= 0.3 is 11.7 Å². The molecule has 1 heterocycles. The van der Waals surface area contributed by atoms with Crippen LogP contribution in [-0.4, -0.2) is 42.4 Å². The minimum atomic E-state index is -0.516. The lowest BCUT2D eigenvalue weighted by molar-refractivity contribution is -0.386. The highest BCUT2D eigenvalue weighted by Crippen LogP contribution is 2.38. The zero-order valence-corrected chi connectivity index (χ0v) is 18.8. The Morgan fingerprint density at radius 3 is 2.77 bits per heavy atom. The van der Waals surface area contributed by atoms with Crippen molar-refractivity contribution in [3.63, 3.8) is 0 Å². The Morgan fingerprint density at radius 1 is 1.35 bits per heavy atom. The molecule has 0 fully saturated rings. The molecule has 0 aliphatic rings. The number of aromatic nitrogens is 1. The molecule has 0 aliphatic carbocycles. The molecule has 0 amide bonds. The molecule has 0 saturated heterocycles. The highest BCUT2D eigenvalue weighted by molar-refractivity contribution is 7.17. The monoisotopic (exact) mass is 450 g/mol. The number of nitro groups is 1. The molecule has 0 bridgehead atoms. The van der Waals surface area contributed by atoms with E-state index in [0.29, 0.717) is 27.9 Å². The summed E-state index contributed by atoms with van der Waals surface area (Å²) in [4.78, 5) is 27.5. The minimum Gasteiger partial charge on any atom is -0.493 e. The summed E-state index contributed by atoms with van der Waals surface area (Å²) in [5, 5.41) is 16.0. The second kappa shape index (κ2) is 11.8. The van der Waals surface area contributed by atoms with Gasteiger partial charge in [-0.1, -0.05) is 31.1 Å². The van der Waals surface area contributed by atoms with Gasteiger partial charge in [-0.2, -0.15) is 5.10 Å². The van der Waals surface area contributed by atoms with Crippen LogP contribution in [0, 0.1) is 17.0 Å². The molecule has 0 radical (unpaired) electrons. The molecular weight excluding hydrogens is 424 g/mol. The van der Waals surface area contributed by atoms with Crippen molar-refractivity contribution >= 4 is 34.3 Å². The number of thiazole rings is 1. The molecule has 2 aromatic rings. The molecule has 2 rings (SSSR count). The highest BCUT2D eigenvalue weighted by atomic mass is 32.1. The number of benzene rings is 1. The molecule has 11 heteroatoms. The van der Waals surface area contributed by atoms with E-state index in [0.717, 1.165) is 30.6 Å². The molecule has 10 nitrogen and oxygen atoms in total. The minimum absolute atomic E-state index is 0.100. The summed E-state index contributed by atoms with van der Waals surface area (Å²) in [7, 11) is 1.42. The number of nitro benzene ring substituents is 1. The maximum Gasteiger partial charge on any atom is 0.350 e. The Morgan fingerprint density at radius 2 is 2.13 bits per heavy atom. The van der Waals surface area contributed by atoms with E-state index < -0.39 is 10.9 Å². The molecule has 1 aromatic heterocycles. The molecule has 0 atom stereocenters. The fourth-order valence-corrected chi connectivity index (χ4v) is 3.44. The van der Waals surface area contributed by atoms with E-state index in [1.807, 2.05) is 0 Å². The number of aryl methyl sites for hydroxylation is 1. The predicted molar refractivity (Wildman–Crippen MR) is 119 cm³/mol. The summed E-state index contributed by atoms with van der Waals surface area (Å²) in [6, 6.07) is 2.96. The number of anilines is 1. The number of nitrogens with one attached hydrogen (secondary N) is 1. The molecule has 0 saturated carbocycles. The number of carbonyl (C=O) groups is 1. The lowest BCUT2D eigenvalue weighted by Crippen LogP contribution is -2.04. The van der Waals surface area contributed by atoms with Gasteiger partial charge in [0.15, 0.2) is 5.75 Å². The van der Waals surface area contributed by atoms with Crippen LogP contribution >= 0.6 is 11.3 Å². The lowest BCUT2D eigenvalue weighted by Gasteiger charge is -2.11.